The number of likely N-dealkylation sites (tertiary alicyclic amines) is 1. The lowest BCUT2D eigenvalue weighted by Gasteiger charge is -2.20. The Balaban J connectivity index is 1.75. The Kier molecular flexibility index (Phi) is 7.20. The first-order chi connectivity index (χ1) is 15.5. The van der Waals surface area contributed by atoms with Gasteiger partial charge in [-0.05, 0) is 43.9 Å². The van der Waals surface area contributed by atoms with Crippen molar-refractivity contribution in [3.8, 4) is 11.4 Å². The van der Waals surface area contributed by atoms with Crippen LogP contribution in [-0.2, 0) is 11.2 Å². The summed E-state index contributed by atoms with van der Waals surface area (Å²) in [7, 11) is 1.61. The van der Waals surface area contributed by atoms with Gasteiger partial charge in [0, 0.05) is 24.0 Å². The van der Waals surface area contributed by atoms with E-state index >= 15 is 0 Å². The predicted octanol–water partition coefficient (Wildman–Crippen LogP) is 4.82. The topological polar surface area (TPSA) is 64.4 Å². The molecule has 3 aromatic rings. The fraction of sp³-hybridized carbons (Fsp3) is 0.458. The summed E-state index contributed by atoms with van der Waals surface area (Å²) in [5, 5.41) is 1.21. The molecule has 4 rings (SSSR count). The molecule has 0 radical (unpaired) electrons. The van der Waals surface area contributed by atoms with Gasteiger partial charge in [-0.3, -0.25) is 14.2 Å². The summed E-state index contributed by atoms with van der Waals surface area (Å²) in [6.07, 6.45) is 5.35. The molecule has 1 aliphatic rings. The molecule has 1 aliphatic heterocycles. The van der Waals surface area contributed by atoms with Crippen LogP contribution >= 0.6 is 23.1 Å². The Morgan fingerprint density at radius 3 is 2.66 bits per heavy atom. The zero-order valence-corrected chi connectivity index (χ0v) is 20.5. The number of ether oxygens (including phenoxy) is 1. The van der Waals surface area contributed by atoms with Crippen molar-refractivity contribution in [3.63, 3.8) is 0 Å². The zero-order chi connectivity index (χ0) is 22.7. The molecular formula is C24H29N3O3S2. The van der Waals surface area contributed by atoms with Gasteiger partial charge in [-0.15, -0.1) is 11.3 Å². The molecule has 2 aromatic heterocycles. The Labute approximate surface area is 196 Å². The van der Waals surface area contributed by atoms with Gasteiger partial charge >= 0.3 is 0 Å². The van der Waals surface area contributed by atoms with Gasteiger partial charge < -0.3 is 9.64 Å². The van der Waals surface area contributed by atoms with Crippen LogP contribution in [0, 0.1) is 6.92 Å². The molecule has 8 heteroatoms. The highest BCUT2D eigenvalue weighted by atomic mass is 32.2. The van der Waals surface area contributed by atoms with E-state index in [-0.39, 0.29) is 17.2 Å². The Hall–Kier alpha value is -2.32. The molecule has 170 valence electrons. The first-order valence-electron chi connectivity index (χ1n) is 11.1. The summed E-state index contributed by atoms with van der Waals surface area (Å²) >= 11 is 2.91. The van der Waals surface area contributed by atoms with E-state index in [4.69, 9.17) is 9.72 Å². The highest BCUT2D eigenvalue weighted by Gasteiger charge is 2.21. The highest BCUT2D eigenvalue weighted by Crippen LogP contribution is 2.31. The second-order valence-electron chi connectivity index (χ2n) is 8.00. The zero-order valence-electron chi connectivity index (χ0n) is 18.8. The number of benzene rings is 1. The lowest BCUT2D eigenvalue weighted by Crippen LogP contribution is -2.33. The maximum atomic E-state index is 13.7. The van der Waals surface area contributed by atoms with E-state index in [0.29, 0.717) is 22.0 Å². The second-order valence-corrected chi connectivity index (χ2v) is 10.0. The standard InChI is InChI=1S/C24H29N3O3S2/c1-4-19-16(2)21-22(32-19)25-24(31-15-20(28)26-12-7-5-6-8-13-26)27(23(21)29)17-10-9-11-18(14-17)30-3/h9-11,14H,4-8,12-13,15H2,1-3H3. The predicted molar refractivity (Wildman–Crippen MR) is 132 cm³/mol. The van der Waals surface area contributed by atoms with Gasteiger partial charge in [0.25, 0.3) is 5.56 Å². The maximum Gasteiger partial charge on any atom is 0.267 e. The van der Waals surface area contributed by atoms with Crippen LogP contribution in [0.3, 0.4) is 0 Å². The summed E-state index contributed by atoms with van der Waals surface area (Å²) in [6, 6.07) is 7.42. The molecule has 3 heterocycles. The number of carbonyl (C=O) groups is 1. The van der Waals surface area contributed by atoms with Gasteiger partial charge in [-0.1, -0.05) is 37.6 Å². The molecule has 6 nitrogen and oxygen atoms in total. The van der Waals surface area contributed by atoms with Crippen molar-refractivity contribution in [3.05, 3.63) is 45.1 Å². The third-order valence-corrected chi connectivity index (χ3v) is 8.20. The van der Waals surface area contributed by atoms with Crippen molar-refractivity contribution in [2.24, 2.45) is 0 Å². The summed E-state index contributed by atoms with van der Waals surface area (Å²) in [5.41, 5.74) is 1.59. The minimum absolute atomic E-state index is 0.0959. The number of carbonyl (C=O) groups excluding carboxylic acids is 1. The largest absolute Gasteiger partial charge is 0.497 e. The molecule has 0 bridgehead atoms. The molecule has 1 aromatic carbocycles. The fourth-order valence-corrected chi connectivity index (χ4v) is 6.23. The smallest absolute Gasteiger partial charge is 0.267 e. The number of methoxy groups -OCH3 is 1. The number of thiophene rings is 1. The first kappa shape index (κ1) is 22.9. The molecule has 0 unspecified atom stereocenters. The van der Waals surface area contributed by atoms with E-state index in [1.165, 1.54) is 29.5 Å². The van der Waals surface area contributed by atoms with E-state index in [1.807, 2.05) is 36.1 Å². The highest BCUT2D eigenvalue weighted by molar-refractivity contribution is 7.99. The first-order valence-corrected chi connectivity index (χ1v) is 12.9. The minimum Gasteiger partial charge on any atom is -0.497 e. The Morgan fingerprint density at radius 2 is 1.97 bits per heavy atom. The van der Waals surface area contributed by atoms with Crippen LogP contribution in [0.1, 0.15) is 43.0 Å². The van der Waals surface area contributed by atoms with Gasteiger partial charge in [-0.2, -0.15) is 0 Å². The lowest BCUT2D eigenvalue weighted by molar-refractivity contribution is -0.128. The van der Waals surface area contributed by atoms with Gasteiger partial charge in [0.15, 0.2) is 5.16 Å². The number of nitrogens with zero attached hydrogens (tertiary/aromatic N) is 3. The molecule has 0 atom stereocenters. The summed E-state index contributed by atoms with van der Waals surface area (Å²) in [5.74, 6) is 1.05. The molecule has 0 spiro atoms. The van der Waals surface area contributed by atoms with E-state index < -0.39 is 0 Å². The third kappa shape index (κ3) is 4.57. The fourth-order valence-electron chi connectivity index (χ4n) is 4.16. The number of thioether (sulfide) groups is 1. The Morgan fingerprint density at radius 1 is 1.22 bits per heavy atom. The van der Waals surface area contributed by atoms with Crippen LogP contribution in [0.2, 0.25) is 0 Å². The quantitative estimate of drug-likeness (QED) is 0.381. The Bertz CT molecular complexity index is 1180. The number of fused-ring (bicyclic) bond motifs is 1. The van der Waals surface area contributed by atoms with E-state index in [1.54, 1.807) is 23.0 Å². The molecule has 0 saturated carbocycles. The number of aromatic nitrogens is 2. The van der Waals surface area contributed by atoms with Gasteiger partial charge in [0.05, 0.1) is 23.9 Å². The summed E-state index contributed by atoms with van der Waals surface area (Å²) in [4.78, 5) is 35.3. The lowest BCUT2D eigenvalue weighted by atomic mass is 10.2. The number of aryl methyl sites for hydroxylation is 2. The maximum absolute atomic E-state index is 13.7. The van der Waals surface area contributed by atoms with Crippen LogP contribution < -0.4 is 10.3 Å². The summed E-state index contributed by atoms with van der Waals surface area (Å²) in [6.45, 7) is 5.72. The molecule has 0 aliphatic carbocycles. The van der Waals surface area contributed by atoms with E-state index in [9.17, 15) is 9.59 Å². The third-order valence-electron chi connectivity index (χ3n) is 5.95. The van der Waals surface area contributed by atoms with Crippen molar-refractivity contribution in [1.29, 1.82) is 0 Å². The van der Waals surface area contributed by atoms with Crippen LogP contribution in [0.15, 0.2) is 34.2 Å². The summed E-state index contributed by atoms with van der Waals surface area (Å²) < 4.78 is 7.01. The monoisotopic (exact) mass is 471 g/mol. The van der Waals surface area contributed by atoms with Crippen molar-refractivity contribution < 1.29 is 9.53 Å². The number of rotatable bonds is 6. The van der Waals surface area contributed by atoms with Crippen molar-refractivity contribution in [1.82, 2.24) is 14.5 Å². The van der Waals surface area contributed by atoms with Crippen molar-refractivity contribution >= 4 is 39.2 Å². The average molecular weight is 472 g/mol. The van der Waals surface area contributed by atoms with Gasteiger partial charge in [0.1, 0.15) is 10.6 Å². The molecular weight excluding hydrogens is 442 g/mol. The normalized spacial score (nSPS) is 14.5. The van der Waals surface area contributed by atoms with Crippen LogP contribution in [-0.4, -0.2) is 46.3 Å². The molecule has 1 saturated heterocycles. The van der Waals surface area contributed by atoms with Crippen LogP contribution in [0.25, 0.3) is 15.9 Å². The van der Waals surface area contributed by atoms with Crippen molar-refractivity contribution in [2.75, 3.05) is 26.0 Å². The molecule has 0 N–H and O–H groups in total. The average Bonchev–Trinajstić information content (AvgIpc) is 2.96. The van der Waals surface area contributed by atoms with E-state index in [0.717, 1.165) is 42.7 Å². The second kappa shape index (κ2) is 10.1. The number of hydrogen-bond acceptors (Lipinski definition) is 6. The van der Waals surface area contributed by atoms with Crippen LogP contribution in [0.5, 0.6) is 5.75 Å². The minimum atomic E-state index is -0.0959. The molecule has 32 heavy (non-hydrogen) atoms. The van der Waals surface area contributed by atoms with Crippen LogP contribution in [0.4, 0.5) is 0 Å². The SMILES string of the molecule is CCc1sc2nc(SCC(=O)N3CCCCCC3)n(-c3cccc(OC)c3)c(=O)c2c1C. The van der Waals surface area contributed by atoms with Gasteiger partial charge in [-0.25, -0.2) is 4.98 Å². The molecule has 1 amide bonds. The number of hydrogen-bond donors (Lipinski definition) is 0. The van der Waals surface area contributed by atoms with E-state index in [2.05, 4.69) is 6.92 Å². The van der Waals surface area contributed by atoms with Crippen molar-refractivity contribution in [2.45, 2.75) is 51.1 Å². The van der Waals surface area contributed by atoms with Gasteiger partial charge in [0.2, 0.25) is 5.91 Å². The molecule has 1 fully saturated rings. The number of amides is 1.